The van der Waals surface area contributed by atoms with E-state index in [1.807, 2.05) is 0 Å². The van der Waals surface area contributed by atoms with Gasteiger partial charge in [-0.2, -0.15) is 16.8 Å². The Balaban J connectivity index is 3.13. The van der Waals surface area contributed by atoms with Gasteiger partial charge in [-0.25, -0.2) is 0 Å². The van der Waals surface area contributed by atoms with Crippen LogP contribution in [-0.4, -0.2) is 25.9 Å². The molecule has 20 heavy (non-hydrogen) atoms. The zero-order valence-corrected chi connectivity index (χ0v) is 11.3. The van der Waals surface area contributed by atoms with Crippen LogP contribution in [0, 0.1) is 0 Å². The van der Waals surface area contributed by atoms with Crippen molar-refractivity contribution in [3.63, 3.8) is 0 Å². The minimum Gasteiger partial charge on any atom is -0.282 e. The lowest BCUT2D eigenvalue weighted by Crippen LogP contribution is -2.03. The van der Waals surface area contributed by atoms with Crippen LogP contribution in [0.2, 0.25) is 0 Å². The van der Waals surface area contributed by atoms with Gasteiger partial charge in [-0.05, 0) is 23.7 Å². The molecule has 0 spiro atoms. The van der Waals surface area contributed by atoms with E-state index in [0.717, 1.165) is 18.2 Å². The second-order valence-electron chi connectivity index (χ2n) is 3.81. The molecular weight excluding hydrogens is 308 g/mol. The summed E-state index contributed by atoms with van der Waals surface area (Å²) in [6, 6.07) is 5.36. The number of fused-ring (bicyclic) bond motifs is 1. The van der Waals surface area contributed by atoms with Crippen molar-refractivity contribution < 1.29 is 25.9 Å². The van der Waals surface area contributed by atoms with Crippen molar-refractivity contribution >= 4 is 36.7 Å². The van der Waals surface area contributed by atoms with Crippen LogP contribution in [-0.2, 0) is 20.2 Å². The number of nitrogens with zero attached hydrogens (tertiary/aromatic N) is 2. The van der Waals surface area contributed by atoms with Gasteiger partial charge in [0.1, 0.15) is 9.79 Å². The molecule has 0 saturated heterocycles. The van der Waals surface area contributed by atoms with E-state index in [-0.39, 0.29) is 16.5 Å². The summed E-state index contributed by atoms with van der Waals surface area (Å²) in [4.78, 5) is -1.20. The Hall–Kier alpha value is -1.88. The highest BCUT2D eigenvalue weighted by atomic mass is 32.2. The van der Waals surface area contributed by atoms with Gasteiger partial charge in [-0.3, -0.25) is 9.11 Å². The molecule has 0 bridgehead atoms. The molecule has 2 aromatic rings. The van der Waals surface area contributed by atoms with E-state index in [1.54, 1.807) is 0 Å². The van der Waals surface area contributed by atoms with Crippen molar-refractivity contribution in [3.8, 4) is 0 Å². The average Bonchev–Trinajstić information content (AvgIpc) is 2.34. The first kappa shape index (κ1) is 14.5. The molecule has 2 aromatic carbocycles. The Morgan fingerprint density at radius 3 is 2.00 bits per heavy atom. The Labute approximate surface area is 114 Å². The first-order chi connectivity index (χ1) is 9.16. The summed E-state index contributed by atoms with van der Waals surface area (Å²) >= 11 is 0. The smallest absolute Gasteiger partial charge is 0.282 e. The molecule has 0 fully saturated rings. The summed E-state index contributed by atoms with van der Waals surface area (Å²) in [7, 11) is -9.29. The van der Waals surface area contributed by atoms with E-state index in [4.69, 9.17) is 14.6 Å². The number of rotatable bonds is 3. The van der Waals surface area contributed by atoms with Gasteiger partial charge in [-0.1, -0.05) is 12.1 Å². The molecule has 10 heteroatoms. The Morgan fingerprint density at radius 1 is 0.900 bits per heavy atom. The first-order valence-electron chi connectivity index (χ1n) is 5.02. The molecule has 0 heterocycles. The molecular formula is C10H7N2O6S2. The predicted molar refractivity (Wildman–Crippen MR) is 67.8 cm³/mol. The van der Waals surface area contributed by atoms with Crippen LogP contribution in [0.1, 0.15) is 0 Å². The molecule has 0 aliphatic carbocycles. The topological polar surface area (TPSA) is 143 Å². The van der Waals surface area contributed by atoms with Gasteiger partial charge in [0.2, 0.25) is 0 Å². The zero-order chi connectivity index (χ0) is 15.1. The fourth-order valence-corrected chi connectivity index (χ4v) is 3.26. The predicted octanol–water partition coefficient (Wildman–Crippen LogP) is 1.22. The third-order valence-corrected chi connectivity index (χ3v) is 4.41. The summed E-state index contributed by atoms with van der Waals surface area (Å²) in [6.07, 6.45) is 0. The maximum Gasteiger partial charge on any atom is 0.295 e. The highest BCUT2D eigenvalue weighted by Gasteiger charge is 2.22. The largest absolute Gasteiger partial charge is 0.295 e. The standard InChI is InChI=1S/C10H7N2O6S2/c11-12-7-4-5-8(19(13,14)15)6-2-1-3-9(10(6)7)20(16,17)18/h1-5H,(H,13,14,15)(H,16,17,18). The van der Waals surface area contributed by atoms with E-state index in [9.17, 15) is 16.8 Å². The van der Waals surface area contributed by atoms with Crippen LogP contribution in [0.25, 0.3) is 10.8 Å². The van der Waals surface area contributed by atoms with E-state index in [0.29, 0.717) is 0 Å². The van der Waals surface area contributed by atoms with Crippen LogP contribution in [0.4, 0.5) is 5.69 Å². The van der Waals surface area contributed by atoms with Gasteiger partial charge >= 0.3 is 0 Å². The van der Waals surface area contributed by atoms with Gasteiger partial charge in [0, 0.05) is 10.8 Å². The normalized spacial score (nSPS) is 12.5. The van der Waals surface area contributed by atoms with Crippen LogP contribution in [0.15, 0.2) is 45.2 Å². The molecule has 0 unspecified atom stereocenters. The van der Waals surface area contributed by atoms with Crippen LogP contribution < -0.4 is 5.53 Å². The van der Waals surface area contributed by atoms with Gasteiger partial charge in [-0.15, -0.1) is 5.11 Å². The third kappa shape index (κ3) is 2.41. The molecule has 8 nitrogen and oxygen atoms in total. The SMILES string of the molecule is [N]=Nc1ccc(S(=O)(=O)O)c2cccc(S(=O)(=O)O)c12. The monoisotopic (exact) mass is 315 g/mol. The third-order valence-electron chi connectivity index (χ3n) is 2.60. The lowest BCUT2D eigenvalue weighted by atomic mass is 10.1. The Bertz CT molecular complexity index is 918. The second kappa shape index (κ2) is 4.59. The summed E-state index contributed by atoms with van der Waals surface area (Å²) in [5, 5.41) is 2.34. The van der Waals surface area contributed by atoms with Crippen molar-refractivity contribution in [1.29, 1.82) is 0 Å². The lowest BCUT2D eigenvalue weighted by Gasteiger charge is -2.09. The molecule has 0 aromatic heterocycles. The van der Waals surface area contributed by atoms with Gasteiger partial charge in [0.25, 0.3) is 20.2 Å². The highest BCUT2D eigenvalue weighted by molar-refractivity contribution is 7.86. The van der Waals surface area contributed by atoms with E-state index >= 15 is 0 Å². The van der Waals surface area contributed by atoms with Crippen LogP contribution in [0.3, 0.4) is 0 Å². The molecule has 2 N–H and O–H groups in total. The van der Waals surface area contributed by atoms with E-state index in [1.165, 1.54) is 12.1 Å². The summed E-state index contributed by atoms with van der Waals surface area (Å²) in [5.41, 5.74) is 8.59. The first-order valence-corrected chi connectivity index (χ1v) is 7.90. The maximum atomic E-state index is 11.3. The molecule has 0 amide bonds. The summed E-state index contributed by atoms with van der Waals surface area (Å²) in [6.45, 7) is 0. The van der Waals surface area contributed by atoms with E-state index < -0.39 is 30.0 Å². The summed E-state index contributed by atoms with van der Waals surface area (Å²) < 4.78 is 63.4. The fraction of sp³-hybridized carbons (Fsp3) is 0. The zero-order valence-electron chi connectivity index (χ0n) is 9.63. The molecule has 1 radical (unpaired) electrons. The van der Waals surface area contributed by atoms with Crippen LogP contribution >= 0.6 is 0 Å². The van der Waals surface area contributed by atoms with Gasteiger partial charge in [0.05, 0.1) is 5.69 Å². The van der Waals surface area contributed by atoms with Crippen molar-refractivity contribution in [2.45, 2.75) is 9.79 Å². The average molecular weight is 315 g/mol. The number of hydrogen-bond acceptors (Lipinski definition) is 5. The molecule has 0 atom stereocenters. The minimum atomic E-state index is -4.67. The van der Waals surface area contributed by atoms with Gasteiger partial charge < -0.3 is 0 Å². The Kier molecular flexibility index (Phi) is 3.34. The van der Waals surface area contributed by atoms with Crippen molar-refractivity contribution in [2.75, 3.05) is 0 Å². The Morgan fingerprint density at radius 2 is 1.50 bits per heavy atom. The van der Waals surface area contributed by atoms with Crippen molar-refractivity contribution in [3.05, 3.63) is 30.3 Å². The summed E-state index contributed by atoms with van der Waals surface area (Å²) in [5.74, 6) is 0. The maximum absolute atomic E-state index is 11.3. The van der Waals surface area contributed by atoms with Crippen molar-refractivity contribution in [1.82, 2.24) is 5.53 Å². The van der Waals surface area contributed by atoms with Crippen LogP contribution in [0.5, 0.6) is 0 Å². The highest BCUT2D eigenvalue weighted by Crippen LogP contribution is 2.35. The lowest BCUT2D eigenvalue weighted by molar-refractivity contribution is 0.481. The molecule has 105 valence electrons. The molecule has 0 aliphatic heterocycles. The fourth-order valence-electron chi connectivity index (χ4n) is 1.85. The van der Waals surface area contributed by atoms with Gasteiger partial charge in [0.15, 0.2) is 0 Å². The number of benzene rings is 2. The molecule has 0 saturated carbocycles. The van der Waals surface area contributed by atoms with E-state index in [2.05, 4.69) is 5.11 Å². The minimum absolute atomic E-state index is 0.196. The molecule has 2 rings (SSSR count). The quantitative estimate of drug-likeness (QED) is 0.643. The van der Waals surface area contributed by atoms with Crippen molar-refractivity contribution in [2.24, 2.45) is 5.11 Å². The number of hydrogen-bond donors (Lipinski definition) is 2. The molecule has 0 aliphatic rings. The second-order valence-corrected chi connectivity index (χ2v) is 6.59.